The second kappa shape index (κ2) is 10.4. The van der Waals surface area contributed by atoms with E-state index in [-0.39, 0.29) is 5.71 Å². The quantitative estimate of drug-likeness (QED) is 0.288. The first-order valence-corrected chi connectivity index (χ1v) is 8.44. The van der Waals surface area contributed by atoms with Gasteiger partial charge in [0, 0.05) is 0 Å². The van der Waals surface area contributed by atoms with Crippen molar-refractivity contribution in [2.24, 2.45) is 10.2 Å². The summed E-state index contributed by atoms with van der Waals surface area (Å²) in [4.78, 5) is 0. The average Bonchev–Trinajstić information content (AvgIpc) is 2.70. The highest BCUT2D eigenvalue weighted by atomic mass is 16.4. The van der Waals surface area contributed by atoms with E-state index in [9.17, 15) is 20.4 Å². The first-order valence-electron chi connectivity index (χ1n) is 8.44. The number of aliphatic hydroxyl groups is 4. The highest BCUT2D eigenvalue weighted by Gasteiger charge is 2.31. The highest BCUT2D eigenvalue weighted by molar-refractivity contribution is 6.33. The van der Waals surface area contributed by atoms with Gasteiger partial charge in [0.1, 0.15) is 24.0 Å². The molecule has 0 spiro atoms. The molecule has 0 saturated carbocycles. The smallest absolute Gasteiger partial charge is 0.128 e. The Morgan fingerprint density at radius 3 is 1.85 bits per heavy atom. The molecule has 27 heavy (non-hydrogen) atoms. The Bertz CT molecular complexity index is 738. The molecule has 2 aromatic carbocycles. The minimum atomic E-state index is -1.65. The van der Waals surface area contributed by atoms with Gasteiger partial charge in [0.15, 0.2) is 0 Å². The Hall–Kier alpha value is -2.78. The predicted molar refractivity (Wildman–Crippen MR) is 106 cm³/mol. The average molecular weight is 372 g/mol. The molecule has 0 bridgehead atoms. The molecule has 0 aliphatic heterocycles. The third-order valence-electron chi connectivity index (χ3n) is 3.72. The molecule has 0 aromatic heterocycles. The number of para-hydroxylation sites is 2. The summed E-state index contributed by atoms with van der Waals surface area (Å²) >= 11 is 0. The molecular formula is C19H24N4O4. The molecule has 6 N–H and O–H groups in total. The lowest BCUT2D eigenvalue weighted by atomic mass is 10.0. The van der Waals surface area contributed by atoms with E-state index in [0.29, 0.717) is 5.69 Å². The number of nitrogens with zero attached hydrogens (tertiary/aromatic N) is 2. The summed E-state index contributed by atoms with van der Waals surface area (Å²) in [5.74, 6) is 0. The molecule has 0 aliphatic rings. The van der Waals surface area contributed by atoms with E-state index in [1.54, 1.807) is 24.3 Å². The van der Waals surface area contributed by atoms with Crippen LogP contribution < -0.4 is 10.9 Å². The molecule has 0 aliphatic carbocycles. The number of rotatable bonds is 9. The molecule has 2 rings (SSSR count). The second-order valence-corrected chi connectivity index (χ2v) is 5.92. The van der Waals surface area contributed by atoms with Crippen molar-refractivity contribution in [1.82, 2.24) is 0 Å². The Balaban J connectivity index is 2.16. The van der Waals surface area contributed by atoms with E-state index in [1.807, 2.05) is 36.4 Å². The molecule has 144 valence electrons. The van der Waals surface area contributed by atoms with Crippen molar-refractivity contribution in [3.8, 4) is 0 Å². The van der Waals surface area contributed by atoms with Crippen LogP contribution in [0.2, 0.25) is 0 Å². The van der Waals surface area contributed by atoms with Crippen LogP contribution in [0.15, 0.2) is 70.9 Å². The van der Waals surface area contributed by atoms with Crippen LogP contribution in [0.4, 0.5) is 11.4 Å². The maximum atomic E-state index is 10.4. The fourth-order valence-corrected chi connectivity index (χ4v) is 2.15. The summed E-state index contributed by atoms with van der Waals surface area (Å²) < 4.78 is 0. The molecule has 0 heterocycles. The van der Waals surface area contributed by atoms with Crippen molar-refractivity contribution in [3.05, 3.63) is 60.7 Å². The van der Waals surface area contributed by atoms with Crippen LogP contribution in [0.1, 0.15) is 6.92 Å². The van der Waals surface area contributed by atoms with Gasteiger partial charge in [-0.3, -0.25) is 10.9 Å². The number of aliphatic hydroxyl groups excluding tert-OH is 4. The summed E-state index contributed by atoms with van der Waals surface area (Å²) in [5, 5.41) is 47.8. The van der Waals surface area contributed by atoms with Gasteiger partial charge in [0.25, 0.3) is 0 Å². The van der Waals surface area contributed by atoms with Crippen LogP contribution >= 0.6 is 0 Å². The summed E-state index contributed by atoms with van der Waals surface area (Å²) in [6.45, 7) is 1.31. The third kappa shape index (κ3) is 6.46. The number of nitrogens with one attached hydrogen (secondary N) is 2. The van der Waals surface area contributed by atoms with Crippen molar-refractivity contribution in [3.63, 3.8) is 0 Å². The van der Waals surface area contributed by atoms with E-state index >= 15 is 0 Å². The lowest BCUT2D eigenvalue weighted by Crippen LogP contribution is -2.47. The van der Waals surface area contributed by atoms with Crippen LogP contribution in [-0.4, -0.2) is 56.8 Å². The second-order valence-electron chi connectivity index (χ2n) is 5.92. The maximum absolute atomic E-state index is 10.4. The predicted octanol–water partition coefficient (Wildman–Crippen LogP) is 1.02. The van der Waals surface area contributed by atoms with Crippen molar-refractivity contribution in [2.45, 2.75) is 31.3 Å². The minimum Gasteiger partial charge on any atom is -0.391 e. The van der Waals surface area contributed by atoms with E-state index in [0.717, 1.165) is 5.69 Å². The molecule has 0 radical (unpaired) electrons. The van der Waals surface area contributed by atoms with Crippen molar-refractivity contribution in [2.75, 3.05) is 10.9 Å². The lowest BCUT2D eigenvalue weighted by molar-refractivity contribution is -0.0826. The standard InChI is InChI=1S/C19H24N4O4/c1-13(24)17(25)19(27)18(26)16(23-22-15-10-6-3-7-11-15)12-20-21-14-8-4-2-5-9-14/h2-13,17-19,21-22,24-27H,1H3/b20-12+,23-16-/t13-,17-,18+,19-/m0/s1. The zero-order chi connectivity index (χ0) is 19.6. The summed E-state index contributed by atoms with van der Waals surface area (Å²) in [7, 11) is 0. The fourth-order valence-electron chi connectivity index (χ4n) is 2.15. The van der Waals surface area contributed by atoms with Gasteiger partial charge in [-0.25, -0.2) is 0 Å². The Labute approximate surface area is 157 Å². The number of benzene rings is 2. The van der Waals surface area contributed by atoms with Crippen LogP contribution in [0.25, 0.3) is 0 Å². The molecule has 2 aromatic rings. The van der Waals surface area contributed by atoms with Gasteiger partial charge in [0.05, 0.1) is 23.7 Å². The molecule has 8 nitrogen and oxygen atoms in total. The van der Waals surface area contributed by atoms with Crippen molar-refractivity contribution < 1.29 is 20.4 Å². The molecule has 4 atom stereocenters. The molecule has 0 fully saturated rings. The summed E-state index contributed by atoms with van der Waals surface area (Å²) in [6.07, 6.45) is -4.77. The molecule has 0 unspecified atom stereocenters. The molecular weight excluding hydrogens is 348 g/mol. The SMILES string of the molecule is C[C@H](O)[C@H](O)[C@H](O)[C@H](O)C(/C=N/Nc1ccccc1)=N\Nc1ccccc1. The molecule has 8 heteroatoms. The van der Waals surface area contributed by atoms with Crippen LogP contribution in [0.3, 0.4) is 0 Å². The Morgan fingerprint density at radius 1 is 0.815 bits per heavy atom. The number of hydrogen-bond acceptors (Lipinski definition) is 8. The fraction of sp³-hybridized carbons (Fsp3) is 0.263. The van der Waals surface area contributed by atoms with E-state index < -0.39 is 24.4 Å². The first-order chi connectivity index (χ1) is 13.0. The minimum absolute atomic E-state index is 0.0329. The number of hydrazone groups is 2. The number of hydrogen-bond donors (Lipinski definition) is 6. The van der Waals surface area contributed by atoms with Gasteiger partial charge in [0.2, 0.25) is 0 Å². The highest BCUT2D eigenvalue weighted by Crippen LogP contribution is 2.09. The first kappa shape index (κ1) is 20.5. The Morgan fingerprint density at radius 2 is 1.33 bits per heavy atom. The lowest BCUT2D eigenvalue weighted by Gasteiger charge is -2.24. The summed E-state index contributed by atoms with van der Waals surface area (Å²) in [6, 6.07) is 18.2. The largest absolute Gasteiger partial charge is 0.391 e. The van der Waals surface area contributed by atoms with Crippen LogP contribution in [0.5, 0.6) is 0 Å². The normalized spacial score (nSPS) is 16.6. The van der Waals surface area contributed by atoms with Crippen LogP contribution in [0, 0.1) is 0 Å². The molecule has 0 amide bonds. The monoisotopic (exact) mass is 372 g/mol. The molecule has 0 saturated heterocycles. The zero-order valence-electron chi connectivity index (χ0n) is 14.8. The van der Waals surface area contributed by atoms with E-state index in [1.165, 1.54) is 13.1 Å². The third-order valence-corrected chi connectivity index (χ3v) is 3.72. The van der Waals surface area contributed by atoms with Gasteiger partial charge in [-0.05, 0) is 31.2 Å². The zero-order valence-corrected chi connectivity index (χ0v) is 14.8. The van der Waals surface area contributed by atoms with Crippen LogP contribution in [-0.2, 0) is 0 Å². The van der Waals surface area contributed by atoms with Gasteiger partial charge in [-0.2, -0.15) is 10.2 Å². The maximum Gasteiger partial charge on any atom is 0.128 e. The topological polar surface area (TPSA) is 130 Å². The van der Waals surface area contributed by atoms with Gasteiger partial charge < -0.3 is 20.4 Å². The summed E-state index contributed by atoms with van der Waals surface area (Å²) in [5.41, 5.74) is 6.88. The van der Waals surface area contributed by atoms with Gasteiger partial charge in [-0.1, -0.05) is 36.4 Å². The van der Waals surface area contributed by atoms with E-state index in [4.69, 9.17) is 0 Å². The Kier molecular flexibility index (Phi) is 7.90. The van der Waals surface area contributed by atoms with Crippen molar-refractivity contribution in [1.29, 1.82) is 0 Å². The number of anilines is 2. The van der Waals surface area contributed by atoms with Gasteiger partial charge in [-0.15, -0.1) is 0 Å². The van der Waals surface area contributed by atoms with E-state index in [2.05, 4.69) is 21.1 Å². The van der Waals surface area contributed by atoms with Gasteiger partial charge >= 0.3 is 0 Å². The van der Waals surface area contributed by atoms with Crippen molar-refractivity contribution >= 4 is 23.3 Å².